The van der Waals surface area contributed by atoms with Gasteiger partial charge < -0.3 is 19.7 Å². The lowest BCUT2D eigenvalue weighted by atomic mass is 9.97. The van der Waals surface area contributed by atoms with Gasteiger partial charge >= 0.3 is 0 Å². The van der Waals surface area contributed by atoms with Crippen molar-refractivity contribution in [1.29, 1.82) is 0 Å². The van der Waals surface area contributed by atoms with Crippen LogP contribution in [-0.2, 0) is 18.4 Å². The summed E-state index contributed by atoms with van der Waals surface area (Å²) in [4.78, 5) is 19.8. The lowest BCUT2D eigenvalue weighted by Gasteiger charge is -2.32. The van der Waals surface area contributed by atoms with Crippen LogP contribution >= 0.6 is 15.9 Å². The van der Waals surface area contributed by atoms with E-state index in [1.165, 1.54) is 5.69 Å². The second kappa shape index (κ2) is 8.55. The van der Waals surface area contributed by atoms with Gasteiger partial charge in [0.05, 0.1) is 6.54 Å². The molecule has 0 bridgehead atoms. The van der Waals surface area contributed by atoms with Crippen molar-refractivity contribution in [1.82, 2.24) is 19.7 Å². The number of hydrogen-bond acceptors (Lipinski definition) is 2. The van der Waals surface area contributed by atoms with Gasteiger partial charge in [0.25, 0.3) is 0 Å². The predicted molar refractivity (Wildman–Crippen MR) is 101 cm³/mol. The second-order valence-corrected chi connectivity index (χ2v) is 7.41. The third-order valence-corrected chi connectivity index (χ3v) is 5.09. The first-order valence-electron chi connectivity index (χ1n) is 8.38. The summed E-state index contributed by atoms with van der Waals surface area (Å²) in [6.07, 6.45) is 4.16. The monoisotopic (exact) mass is 397 g/mol. The maximum atomic E-state index is 11.4. The summed E-state index contributed by atoms with van der Waals surface area (Å²) < 4.78 is 3.21. The standard InChI is InChI=1S/C17H28BrN5O/c1-13(24)23-7-5-14(6-8-23)10-20-17(19-2)22(4)12-16-9-15(18)11-21(16)3/h9,11,14H,5-8,10,12H2,1-4H3,(H,19,20). The summed E-state index contributed by atoms with van der Waals surface area (Å²) in [5.41, 5.74) is 1.22. The molecule has 6 nitrogen and oxygen atoms in total. The van der Waals surface area contributed by atoms with E-state index in [1.807, 2.05) is 19.0 Å². The molecular weight excluding hydrogens is 370 g/mol. The Kier molecular flexibility index (Phi) is 6.71. The number of hydrogen-bond donors (Lipinski definition) is 1. The molecule has 0 aliphatic carbocycles. The van der Waals surface area contributed by atoms with Crippen molar-refractivity contribution in [2.75, 3.05) is 33.7 Å². The Morgan fingerprint density at radius 1 is 1.46 bits per heavy atom. The van der Waals surface area contributed by atoms with Gasteiger partial charge in [0, 0.05) is 64.1 Å². The van der Waals surface area contributed by atoms with Crippen LogP contribution in [0, 0.1) is 5.92 Å². The topological polar surface area (TPSA) is 52.9 Å². The first-order valence-corrected chi connectivity index (χ1v) is 9.18. The smallest absolute Gasteiger partial charge is 0.219 e. The molecule has 1 saturated heterocycles. The van der Waals surface area contributed by atoms with Crippen molar-refractivity contribution in [2.45, 2.75) is 26.3 Å². The van der Waals surface area contributed by atoms with E-state index in [0.717, 1.165) is 49.5 Å². The van der Waals surface area contributed by atoms with Gasteiger partial charge in [-0.15, -0.1) is 0 Å². The minimum atomic E-state index is 0.186. The molecule has 0 spiro atoms. The molecule has 7 heteroatoms. The summed E-state index contributed by atoms with van der Waals surface area (Å²) >= 11 is 3.51. The Morgan fingerprint density at radius 2 is 2.12 bits per heavy atom. The molecule has 1 aliphatic heterocycles. The van der Waals surface area contributed by atoms with Crippen LogP contribution in [0.1, 0.15) is 25.5 Å². The normalized spacial score (nSPS) is 16.4. The maximum absolute atomic E-state index is 11.4. The van der Waals surface area contributed by atoms with Gasteiger partial charge in [-0.3, -0.25) is 9.79 Å². The summed E-state index contributed by atoms with van der Waals surface area (Å²) in [7, 11) is 5.92. The highest BCUT2D eigenvalue weighted by Gasteiger charge is 2.21. The molecule has 0 unspecified atom stereocenters. The Bertz CT molecular complexity index is 590. The number of piperidine rings is 1. The van der Waals surface area contributed by atoms with Crippen LogP contribution in [0.4, 0.5) is 0 Å². The van der Waals surface area contributed by atoms with Gasteiger partial charge in [-0.25, -0.2) is 0 Å². The molecule has 24 heavy (non-hydrogen) atoms. The minimum absolute atomic E-state index is 0.186. The van der Waals surface area contributed by atoms with Crippen LogP contribution in [0.15, 0.2) is 21.7 Å². The van der Waals surface area contributed by atoms with Crippen molar-refractivity contribution >= 4 is 27.8 Å². The largest absolute Gasteiger partial charge is 0.356 e. The van der Waals surface area contributed by atoms with E-state index in [2.05, 4.69) is 55.0 Å². The molecule has 134 valence electrons. The number of carbonyl (C=O) groups excluding carboxylic acids is 1. The molecule has 1 amide bonds. The first kappa shape index (κ1) is 18.8. The second-order valence-electron chi connectivity index (χ2n) is 6.49. The summed E-state index contributed by atoms with van der Waals surface area (Å²) in [5.74, 6) is 1.68. The fraction of sp³-hybridized carbons (Fsp3) is 0.647. The fourth-order valence-electron chi connectivity index (χ4n) is 3.11. The molecule has 1 fully saturated rings. The number of aromatic nitrogens is 1. The number of carbonyl (C=O) groups is 1. The van der Waals surface area contributed by atoms with E-state index >= 15 is 0 Å². The molecule has 1 aliphatic rings. The Morgan fingerprint density at radius 3 is 2.62 bits per heavy atom. The quantitative estimate of drug-likeness (QED) is 0.624. The Labute approximate surface area is 153 Å². The van der Waals surface area contributed by atoms with Crippen molar-refractivity contribution in [3.05, 3.63) is 22.4 Å². The number of aryl methyl sites for hydroxylation is 1. The molecule has 1 aromatic heterocycles. The number of nitrogens with one attached hydrogen (secondary N) is 1. The van der Waals surface area contributed by atoms with Crippen LogP contribution in [0.5, 0.6) is 0 Å². The molecule has 2 heterocycles. The van der Waals surface area contributed by atoms with E-state index in [9.17, 15) is 4.79 Å². The van der Waals surface area contributed by atoms with Crippen molar-refractivity contribution in [2.24, 2.45) is 18.0 Å². The molecule has 0 radical (unpaired) electrons. The number of guanidine groups is 1. The number of amides is 1. The fourth-order valence-corrected chi connectivity index (χ4v) is 3.68. The Balaban J connectivity index is 1.82. The van der Waals surface area contributed by atoms with Crippen LogP contribution in [0.2, 0.25) is 0 Å². The average molecular weight is 398 g/mol. The van der Waals surface area contributed by atoms with Gasteiger partial charge in [-0.1, -0.05) is 0 Å². The van der Waals surface area contributed by atoms with Crippen LogP contribution in [0.3, 0.4) is 0 Å². The predicted octanol–water partition coefficient (Wildman–Crippen LogP) is 2.05. The number of likely N-dealkylation sites (tertiary alicyclic amines) is 1. The summed E-state index contributed by atoms with van der Waals surface area (Å²) in [6.45, 7) is 5.09. The average Bonchev–Trinajstić information content (AvgIpc) is 2.85. The number of nitrogens with zero attached hydrogens (tertiary/aromatic N) is 4. The van der Waals surface area contributed by atoms with Crippen LogP contribution in [0.25, 0.3) is 0 Å². The first-order chi connectivity index (χ1) is 11.4. The number of aliphatic imine (C=N–C) groups is 1. The van der Waals surface area contributed by atoms with Gasteiger partial charge in [0.2, 0.25) is 5.91 Å². The van der Waals surface area contributed by atoms with Crippen LogP contribution < -0.4 is 5.32 Å². The highest BCUT2D eigenvalue weighted by molar-refractivity contribution is 9.10. The molecule has 0 atom stereocenters. The highest BCUT2D eigenvalue weighted by Crippen LogP contribution is 2.17. The highest BCUT2D eigenvalue weighted by atomic mass is 79.9. The molecule has 0 aromatic carbocycles. The summed E-state index contributed by atoms with van der Waals surface area (Å²) in [6, 6.07) is 2.13. The van der Waals surface area contributed by atoms with Crippen molar-refractivity contribution < 1.29 is 4.79 Å². The number of halogens is 1. The van der Waals surface area contributed by atoms with Crippen molar-refractivity contribution in [3.8, 4) is 0 Å². The SMILES string of the molecule is CN=C(NCC1CCN(C(C)=O)CC1)N(C)Cc1cc(Br)cn1C. The lowest BCUT2D eigenvalue weighted by Crippen LogP contribution is -2.44. The van der Waals surface area contributed by atoms with E-state index in [-0.39, 0.29) is 5.91 Å². The van der Waals surface area contributed by atoms with Gasteiger partial charge in [0.15, 0.2) is 5.96 Å². The van der Waals surface area contributed by atoms with Gasteiger partial charge in [-0.2, -0.15) is 0 Å². The maximum Gasteiger partial charge on any atom is 0.219 e. The Hall–Kier alpha value is -1.50. The molecule has 0 saturated carbocycles. The van der Waals surface area contributed by atoms with E-state index < -0.39 is 0 Å². The minimum Gasteiger partial charge on any atom is -0.356 e. The zero-order valence-corrected chi connectivity index (χ0v) is 16.6. The third-order valence-electron chi connectivity index (χ3n) is 4.66. The zero-order chi connectivity index (χ0) is 17.7. The third kappa shape index (κ3) is 5.00. The van der Waals surface area contributed by atoms with E-state index in [0.29, 0.717) is 5.92 Å². The van der Waals surface area contributed by atoms with Crippen LogP contribution in [-0.4, -0.2) is 60.0 Å². The molecule has 1 aromatic rings. The van der Waals surface area contributed by atoms with Gasteiger partial charge in [-0.05, 0) is 40.8 Å². The lowest BCUT2D eigenvalue weighted by molar-refractivity contribution is -0.130. The van der Waals surface area contributed by atoms with E-state index in [4.69, 9.17) is 0 Å². The molecule has 2 rings (SSSR count). The number of rotatable bonds is 4. The zero-order valence-electron chi connectivity index (χ0n) is 15.0. The van der Waals surface area contributed by atoms with Crippen molar-refractivity contribution in [3.63, 3.8) is 0 Å². The molecule has 1 N–H and O–H groups in total. The summed E-state index contributed by atoms with van der Waals surface area (Å²) in [5, 5.41) is 3.48. The molecular formula is C17H28BrN5O. The van der Waals surface area contributed by atoms with Gasteiger partial charge in [0.1, 0.15) is 0 Å². The van der Waals surface area contributed by atoms with E-state index in [1.54, 1.807) is 6.92 Å².